The van der Waals surface area contributed by atoms with Gasteiger partial charge in [0.1, 0.15) is 11.6 Å². The van der Waals surface area contributed by atoms with E-state index in [1.54, 1.807) is 6.07 Å². The first kappa shape index (κ1) is 21.9. The lowest BCUT2D eigenvalue weighted by atomic mass is 10.1. The van der Waals surface area contributed by atoms with Crippen LogP contribution in [0, 0.1) is 5.82 Å². The SMILES string of the molecule is CC1CN(c2ccc(CNC(=O)NCCCOc3ccccc3)cc2F)CC(C)O1. The van der Waals surface area contributed by atoms with Crippen LogP contribution in [0.1, 0.15) is 25.8 Å². The summed E-state index contributed by atoms with van der Waals surface area (Å²) >= 11 is 0. The zero-order chi connectivity index (χ0) is 21.3. The Morgan fingerprint density at radius 1 is 1.13 bits per heavy atom. The molecule has 3 rings (SSSR count). The number of benzene rings is 2. The molecule has 0 aliphatic carbocycles. The summed E-state index contributed by atoms with van der Waals surface area (Å²) in [4.78, 5) is 14.0. The highest BCUT2D eigenvalue weighted by Gasteiger charge is 2.24. The third kappa shape index (κ3) is 6.62. The molecule has 0 spiro atoms. The van der Waals surface area contributed by atoms with Gasteiger partial charge in [0.05, 0.1) is 24.5 Å². The second kappa shape index (κ2) is 10.8. The van der Waals surface area contributed by atoms with Gasteiger partial charge in [-0.1, -0.05) is 24.3 Å². The molecule has 2 amide bonds. The van der Waals surface area contributed by atoms with Crippen LogP contribution in [-0.2, 0) is 11.3 Å². The van der Waals surface area contributed by atoms with E-state index in [0.717, 1.165) is 5.75 Å². The number of rotatable bonds is 8. The van der Waals surface area contributed by atoms with Crippen molar-refractivity contribution in [1.29, 1.82) is 0 Å². The second-order valence-corrected chi connectivity index (χ2v) is 7.57. The molecular formula is C23H30FN3O3. The molecule has 0 aromatic heterocycles. The van der Waals surface area contributed by atoms with Gasteiger partial charge < -0.3 is 25.0 Å². The number of morpholine rings is 1. The van der Waals surface area contributed by atoms with Gasteiger partial charge >= 0.3 is 6.03 Å². The quantitative estimate of drug-likeness (QED) is 0.646. The number of para-hydroxylation sites is 1. The van der Waals surface area contributed by atoms with Gasteiger partial charge in [0.25, 0.3) is 0 Å². The summed E-state index contributed by atoms with van der Waals surface area (Å²) in [5.74, 6) is 0.530. The Bertz CT molecular complexity index is 809. The van der Waals surface area contributed by atoms with Crippen molar-refractivity contribution in [2.24, 2.45) is 0 Å². The van der Waals surface area contributed by atoms with Crippen molar-refractivity contribution in [3.05, 3.63) is 59.9 Å². The van der Waals surface area contributed by atoms with Gasteiger partial charge in [-0.25, -0.2) is 9.18 Å². The molecule has 2 atom stereocenters. The maximum Gasteiger partial charge on any atom is 0.315 e. The predicted octanol–water partition coefficient (Wildman–Crippen LogP) is 3.71. The first-order valence-corrected chi connectivity index (χ1v) is 10.4. The number of carbonyl (C=O) groups is 1. The number of halogens is 1. The van der Waals surface area contributed by atoms with Gasteiger partial charge in [-0.3, -0.25) is 0 Å². The highest BCUT2D eigenvalue weighted by Crippen LogP contribution is 2.24. The fourth-order valence-electron chi connectivity index (χ4n) is 3.52. The number of nitrogens with zero attached hydrogens (tertiary/aromatic N) is 1. The third-order valence-corrected chi connectivity index (χ3v) is 4.84. The Balaban J connectivity index is 1.38. The number of anilines is 1. The fraction of sp³-hybridized carbons (Fsp3) is 0.435. The number of nitrogens with one attached hydrogen (secondary N) is 2. The van der Waals surface area contributed by atoms with Gasteiger partial charge in [-0.15, -0.1) is 0 Å². The van der Waals surface area contributed by atoms with Crippen LogP contribution in [-0.4, -0.2) is 44.5 Å². The summed E-state index contributed by atoms with van der Waals surface area (Å²) in [7, 11) is 0. The summed E-state index contributed by atoms with van der Waals surface area (Å²) < 4.78 is 25.9. The van der Waals surface area contributed by atoms with Crippen molar-refractivity contribution in [3.63, 3.8) is 0 Å². The molecule has 1 heterocycles. The van der Waals surface area contributed by atoms with Crippen LogP contribution in [0.15, 0.2) is 48.5 Å². The average Bonchev–Trinajstić information content (AvgIpc) is 2.72. The summed E-state index contributed by atoms with van der Waals surface area (Å²) in [6, 6.07) is 14.4. The molecule has 6 nitrogen and oxygen atoms in total. The molecular weight excluding hydrogens is 385 g/mol. The van der Waals surface area contributed by atoms with E-state index in [-0.39, 0.29) is 30.6 Å². The molecule has 0 saturated carbocycles. The molecule has 0 radical (unpaired) electrons. The first-order valence-electron chi connectivity index (χ1n) is 10.4. The monoisotopic (exact) mass is 415 g/mol. The number of urea groups is 1. The van der Waals surface area contributed by atoms with E-state index in [2.05, 4.69) is 10.6 Å². The minimum absolute atomic E-state index is 0.0660. The maximum atomic E-state index is 14.6. The van der Waals surface area contributed by atoms with E-state index in [1.165, 1.54) is 6.07 Å². The van der Waals surface area contributed by atoms with Crippen molar-refractivity contribution in [3.8, 4) is 5.75 Å². The molecule has 1 aliphatic rings. The molecule has 1 aliphatic heterocycles. The Labute approximate surface area is 177 Å². The molecule has 2 aromatic rings. The zero-order valence-corrected chi connectivity index (χ0v) is 17.6. The first-order chi connectivity index (χ1) is 14.5. The highest BCUT2D eigenvalue weighted by molar-refractivity contribution is 5.73. The number of carbonyl (C=O) groups excluding carboxylic acids is 1. The second-order valence-electron chi connectivity index (χ2n) is 7.57. The molecule has 2 unspecified atom stereocenters. The van der Waals surface area contributed by atoms with Crippen LogP contribution in [0.2, 0.25) is 0 Å². The zero-order valence-electron chi connectivity index (χ0n) is 17.6. The standard InChI is InChI=1S/C23H30FN3O3/c1-17-15-27(16-18(2)30-17)22-10-9-19(13-21(22)24)14-26-23(28)25-11-6-12-29-20-7-4-3-5-8-20/h3-5,7-10,13,17-18H,6,11-12,14-16H2,1-2H3,(H2,25,26,28). The lowest BCUT2D eigenvalue weighted by Gasteiger charge is -2.37. The summed E-state index contributed by atoms with van der Waals surface area (Å²) in [5.41, 5.74) is 1.29. The minimum Gasteiger partial charge on any atom is -0.494 e. The molecule has 2 N–H and O–H groups in total. The van der Waals surface area contributed by atoms with Crippen molar-refractivity contribution < 1.29 is 18.7 Å². The Hall–Kier alpha value is -2.80. The highest BCUT2D eigenvalue weighted by atomic mass is 19.1. The molecule has 1 saturated heterocycles. The Morgan fingerprint density at radius 2 is 1.87 bits per heavy atom. The van der Waals surface area contributed by atoms with Gasteiger partial charge in [0.15, 0.2) is 0 Å². The summed E-state index contributed by atoms with van der Waals surface area (Å²) in [6.07, 6.45) is 0.828. The lowest BCUT2D eigenvalue weighted by Crippen LogP contribution is -2.45. The Kier molecular flexibility index (Phi) is 7.90. The van der Waals surface area contributed by atoms with Gasteiger partial charge in [-0.2, -0.15) is 0 Å². The molecule has 1 fully saturated rings. The molecule has 7 heteroatoms. The van der Waals surface area contributed by atoms with E-state index >= 15 is 0 Å². The maximum absolute atomic E-state index is 14.6. The Morgan fingerprint density at radius 3 is 2.57 bits per heavy atom. The minimum atomic E-state index is -0.283. The number of hydrogen-bond acceptors (Lipinski definition) is 4. The van der Waals surface area contributed by atoms with Crippen molar-refractivity contribution in [2.45, 2.75) is 39.0 Å². The number of amides is 2. The van der Waals surface area contributed by atoms with E-state index in [9.17, 15) is 9.18 Å². The van der Waals surface area contributed by atoms with E-state index in [4.69, 9.17) is 9.47 Å². The van der Waals surface area contributed by atoms with E-state index in [1.807, 2.05) is 55.1 Å². The molecule has 0 bridgehead atoms. The smallest absolute Gasteiger partial charge is 0.315 e. The molecule has 30 heavy (non-hydrogen) atoms. The molecule has 2 aromatic carbocycles. The van der Waals surface area contributed by atoms with E-state index < -0.39 is 0 Å². The van der Waals surface area contributed by atoms with Crippen LogP contribution < -0.4 is 20.3 Å². The van der Waals surface area contributed by atoms with Crippen molar-refractivity contribution in [1.82, 2.24) is 10.6 Å². The van der Waals surface area contributed by atoms with Crippen LogP contribution in [0.3, 0.4) is 0 Å². The van der Waals surface area contributed by atoms with Crippen LogP contribution in [0.25, 0.3) is 0 Å². The average molecular weight is 416 g/mol. The largest absolute Gasteiger partial charge is 0.494 e. The summed E-state index contributed by atoms with van der Waals surface area (Å²) in [6.45, 7) is 6.59. The van der Waals surface area contributed by atoms with Crippen LogP contribution in [0.5, 0.6) is 5.75 Å². The van der Waals surface area contributed by atoms with Gasteiger partial charge in [0.2, 0.25) is 0 Å². The van der Waals surface area contributed by atoms with E-state index in [0.29, 0.717) is 43.9 Å². The predicted molar refractivity (Wildman–Crippen MR) is 115 cm³/mol. The fourth-order valence-corrected chi connectivity index (χ4v) is 3.52. The topological polar surface area (TPSA) is 62.8 Å². The summed E-state index contributed by atoms with van der Waals surface area (Å²) in [5, 5.41) is 5.54. The van der Waals surface area contributed by atoms with Gasteiger partial charge in [0, 0.05) is 26.2 Å². The van der Waals surface area contributed by atoms with Crippen LogP contribution >= 0.6 is 0 Å². The van der Waals surface area contributed by atoms with Crippen molar-refractivity contribution in [2.75, 3.05) is 31.1 Å². The van der Waals surface area contributed by atoms with Gasteiger partial charge in [-0.05, 0) is 50.1 Å². The lowest BCUT2D eigenvalue weighted by molar-refractivity contribution is -0.00539. The normalized spacial score (nSPS) is 18.7. The van der Waals surface area contributed by atoms with Crippen molar-refractivity contribution >= 4 is 11.7 Å². The number of ether oxygens (including phenoxy) is 2. The molecule has 162 valence electrons. The third-order valence-electron chi connectivity index (χ3n) is 4.84. The number of hydrogen-bond donors (Lipinski definition) is 2. The van der Waals surface area contributed by atoms with Crippen LogP contribution in [0.4, 0.5) is 14.9 Å².